The van der Waals surface area contributed by atoms with Crippen molar-refractivity contribution in [3.8, 4) is 11.4 Å². The first-order valence-electron chi connectivity index (χ1n) is 11.7. The second-order valence-corrected chi connectivity index (χ2v) is 8.47. The van der Waals surface area contributed by atoms with E-state index in [1.54, 1.807) is 0 Å². The number of morpholine rings is 1. The van der Waals surface area contributed by atoms with E-state index in [4.69, 9.17) is 14.7 Å². The van der Waals surface area contributed by atoms with Crippen LogP contribution in [0.3, 0.4) is 0 Å². The molecule has 35 heavy (non-hydrogen) atoms. The molecule has 0 radical (unpaired) electrons. The van der Waals surface area contributed by atoms with Gasteiger partial charge in [0.2, 0.25) is 5.95 Å². The van der Waals surface area contributed by atoms with E-state index in [1.807, 2.05) is 55.2 Å². The topological polar surface area (TPSA) is 100 Å². The SMILES string of the molecule is C.CCNC(=O)Nc1ccc(-c2nc3c(c(N4CCOCC4)n2)CCN(c2nccn2C)C3)cc1. The number of anilines is 3. The van der Waals surface area contributed by atoms with Gasteiger partial charge in [-0.1, -0.05) is 7.43 Å². The second-order valence-electron chi connectivity index (χ2n) is 8.47. The normalized spacial score (nSPS) is 15.3. The van der Waals surface area contributed by atoms with E-state index < -0.39 is 0 Å². The van der Waals surface area contributed by atoms with Crippen LogP contribution < -0.4 is 20.4 Å². The Kier molecular flexibility index (Phi) is 7.50. The van der Waals surface area contributed by atoms with E-state index in [2.05, 4.69) is 25.4 Å². The number of amides is 2. The lowest BCUT2D eigenvalue weighted by Crippen LogP contribution is -2.40. The molecule has 186 valence electrons. The summed E-state index contributed by atoms with van der Waals surface area (Å²) >= 11 is 0. The lowest BCUT2D eigenvalue weighted by Gasteiger charge is -2.34. The van der Waals surface area contributed by atoms with Crippen LogP contribution in [0, 0.1) is 0 Å². The van der Waals surface area contributed by atoms with E-state index in [9.17, 15) is 4.79 Å². The molecule has 2 aliphatic heterocycles. The molecule has 10 heteroatoms. The van der Waals surface area contributed by atoms with Gasteiger partial charge in [0.05, 0.1) is 25.5 Å². The van der Waals surface area contributed by atoms with Crippen molar-refractivity contribution < 1.29 is 9.53 Å². The number of carbonyl (C=O) groups is 1. The first-order valence-corrected chi connectivity index (χ1v) is 11.7. The zero-order chi connectivity index (χ0) is 23.5. The maximum absolute atomic E-state index is 11.8. The van der Waals surface area contributed by atoms with Crippen molar-refractivity contribution in [2.75, 3.05) is 54.5 Å². The fourth-order valence-corrected chi connectivity index (χ4v) is 4.45. The molecule has 2 amide bonds. The molecule has 10 nitrogen and oxygen atoms in total. The molecular weight excluding hydrogens is 444 g/mol. The van der Waals surface area contributed by atoms with Crippen LogP contribution in [0.25, 0.3) is 11.4 Å². The quantitative estimate of drug-likeness (QED) is 0.581. The average molecular weight is 479 g/mol. The van der Waals surface area contributed by atoms with E-state index in [1.165, 1.54) is 5.56 Å². The molecule has 0 spiro atoms. The molecule has 2 N–H and O–H groups in total. The minimum atomic E-state index is -0.218. The number of rotatable bonds is 5. The molecule has 0 atom stereocenters. The Morgan fingerprint density at radius 1 is 1.09 bits per heavy atom. The van der Waals surface area contributed by atoms with Crippen LogP contribution in [-0.4, -0.2) is 64.9 Å². The van der Waals surface area contributed by atoms with Gasteiger partial charge in [0, 0.05) is 62.4 Å². The summed E-state index contributed by atoms with van der Waals surface area (Å²) in [4.78, 5) is 31.0. The molecule has 5 rings (SSSR count). The lowest BCUT2D eigenvalue weighted by molar-refractivity contribution is 0.122. The zero-order valence-electron chi connectivity index (χ0n) is 19.6. The highest BCUT2D eigenvalue weighted by molar-refractivity contribution is 5.89. The highest BCUT2D eigenvalue weighted by Crippen LogP contribution is 2.31. The van der Waals surface area contributed by atoms with Gasteiger partial charge >= 0.3 is 6.03 Å². The monoisotopic (exact) mass is 478 g/mol. The Bertz CT molecular complexity index is 1150. The fourth-order valence-electron chi connectivity index (χ4n) is 4.45. The minimum Gasteiger partial charge on any atom is -0.378 e. The number of nitrogens with zero attached hydrogens (tertiary/aromatic N) is 6. The van der Waals surface area contributed by atoms with Gasteiger partial charge in [0.1, 0.15) is 5.82 Å². The van der Waals surface area contributed by atoms with Crippen molar-refractivity contribution in [1.82, 2.24) is 24.8 Å². The number of imidazole rings is 1. The minimum absolute atomic E-state index is 0. The van der Waals surface area contributed by atoms with E-state index in [-0.39, 0.29) is 13.5 Å². The number of hydrogen-bond donors (Lipinski definition) is 2. The molecule has 1 fully saturated rings. The van der Waals surface area contributed by atoms with Gasteiger partial charge in [-0.05, 0) is 37.6 Å². The maximum Gasteiger partial charge on any atom is 0.319 e. The summed E-state index contributed by atoms with van der Waals surface area (Å²) in [6, 6.07) is 7.44. The van der Waals surface area contributed by atoms with Crippen LogP contribution in [0.1, 0.15) is 25.6 Å². The Hall–Kier alpha value is -3.66. The Morgan fingerprint density at radius 2 is 1.86 bits per heavy atom. The molecule has 1 aromatic carbocycles. The van der Waals surface area contributed by atoms with Crippen LogP contribution in [-0.2, 0) is 24.8 Å². The summed E-state index contributed by atoms with van der Waals surface area (Å²) in [5, 5.41) is 5.57. The molecule has 0 bridgehead atoms. The van der Waals surface area contributed by atoms with Gasteiger partial charge in [0.15, 0.2) is 5.82 Å². The molecule has 0 saturated carbocycles. The summed E-state index contributed by atoms with van der Waals surface area (Å²) in [5.41, 5.74) is 3.88. The predicted octanol–water partition coefficient (Wildman–Crippen LogP) is 3.05. The van der Waals surface area contributed by atoms with Crippen LogP contribution in [0.5, 0.6) is 0 Å². The molecule has 1 saturated heterocycles. The van der Waals surface area contributed by atoms with Crippen molar-refractivity contribution in [2.24, 2.45) is 7.05 Å². The zero-order valence-corrected chi connectivity index (χ0v) is 19.6. The fraction of sp³-hybridized carbons (Fsp3) is 0.440. The summed E-state index contributed by atoms with van der Waals surface area (Å²) in [5.74, 6) is 2.64. The first kappa shape index (κ1) is 24.5. The highest BCUT2D eigenvalue weighted by atomic mass is 16.5. The summed E-state index contributed by atoms with van der Waals surface area (Å²) < 4.78 is 7.62. The number of benzene rings is 1. The van der Waals surface area contributed by atoms with Gasteiger partial charge in [-0.3, -0.25) is 0 Å². The van der Waals surface area contributed by atoms with Crippen molar-refractivity contribution in [2.45, 2.75) is 27.3 Å². The van der Waals surface area contributed by atoms with Crippen LogP contribution in [0.15, 0.2) is 36.7 Å². The van der Waals surface area contributed by atoms with Gasteiger partial charge < -0.3 is 29.7 Å². The van der Waals surface area contributed by atoms with Gasteiger partial charge in [-0.15, -0.1) is 0 Å². The highest BCUT2D eigenvalue weighted by Gasteiger charge is 2.27. The number of hydrogen-bond acceptors (Lipinski definition) is 7. The number of urea groups is 1. The third-order valence-electron chi connectivity index (χ3n) is 6.17. The number of fused-ring (bicyclic) bond motifs is 1. The molecule has 0 aliphatic carbocycles. The van der Waals surface area contributed by atoms with Gasteiger partial charge in [-0.25, -0.2) is 19.7 Å². The molecule has 4 heterocycles. The smallest absolute Gasteiger partial charge is 0.319 e. The molecule has 0 unspecified atom stereocenters. The first-order chi connectivity index (χ1) is 16.6. The third-order valence-corrected chi connectivity index (χ3v) is 6.17. The molecular formula is C25H34N8O2. The lowest BCUT2D eigenvalue weighted by atomic mass is 10.0. The van der Waals surface area contributed by atoms with Crippen LogP contribution in [0.4, 0.5) is 22.2 Å². The summed E-state index contributed by atoms with van der Waals surface area (Å²) in [7, 11) is 2.01. The Morgan fingerprint density at radius 3 is 2.54 bits per heavy atom. The number of carbonyl (C=O) groups excluding carboxylic acids is 1. The predicted molar refractivity (Wildman–Crippen MR) is 138 cm³/mol. The van der Waals surface area contributed by atoms with Crippen molar-refractivity contribution >= 4 is 23.5 Å². The second kappa shape index (κ2) is 10.7. The maximum atomic E-state index is 11.8. The number of aryl methyl sites for hydroxylation is 1. The van der Waals surface area contributed by atoms with E-state index in [0.29, 0.717) is 32.1 Å². The average Bonchev–Trinajstić information content (AvgIpc) is 3.30. The van der Waals surface area contributed by atoms with Crippen molar-refractivity contribution in [3.05, 3.63) is 47.9 Å². The Labute approximate surface area is 206 Å². The van der Waals surface area contributed by atoms with Crippen LogP contribution in [0.2, 0.25) is 0 Å². The van der Waals surface area contributed by atoms with Crippen molar-refractivity contribution in [1.29, 1.82) is 0 Å². The van der Waals surface area contributed by atoms with Crippen LogP contribution >= 0.6 is 0 Å². The molecule has 2 aromatic heterocycles. The van der Waals surface area contributed by atoms with Gasteiger partial charge in [0.25, 0.3) is 0 Å². The standard InChI is InChI=1S/C24H30N8O2.CH4/c1-3-25-23(33)27-18-6-4-17(5-7-18)21-28-20-16-32(24-26-9-11-30(24)2)10-8-19(20)22(29-21)31-12-14-34-15-13-31;/h4-7,9,11H,3,8,10,12-16H2,1-2H3,(H2,25,27,33);1H4. The largest absolute Gasteiger partial charge is 0.378 e. The number of ether oxygens (including phenoxy) is 1. The van der Waals surface area contributed by atoms with Crippen molar-refractivity contribution in [3.63, 3.8) is 0 Å². The van der Waals surface area contributed by atoms with E-state index >= 15 is 0 Å². The molecule has 2 aliphatic rings. The Balaban J connectivity index is 0.00000289. The number of aromatic nitrogens is 4. The van der Waals surface area contributed by atoms with E-state index in [0.717, 1.165) is 54.8 Å². The summed E-state index contributed by atoms with van der Waals surface area (Å²) in [6.45, 7) is 7.07. The third kappa shape index (κ3) is 5.22. The number of nitrogens with one attached hydrogen (secondary N) is 2. The van der Waals surface area contributed by atoms with Gasteiger partial charge in [-0.2, -0.15) is 0 Å². The summed E-state index contributed by atoms with van der Waals surface area (Å²) in [6.07, 6.45) is 4.65. The molecule has 3 aromatic rings.